The number of hydrogen-bond acceptors (Lipinski definition) is 2. The molecule has 0 unspecified atom stereocenters. The van der Waals surface area contributed by atoms with Crippen LogP contribution in [0.2, 0.25) is 5.02 Å². The molecule has 2 aliphatic carbocycles. The summed E-state index contributed by atoms with van der Waals surface area (Å²) < 4.78 is 5.55. The highest BCUT2D eigenvalue weighted by molar-refractivity contribution is 6.30. The van der Waals surface area contributed by atoms with Gasteiger partial charge in [-0.25, -0.2) is 0 Å². The summed E-state index contributed by atoms with van der Waals surface area (Å²) in [7, 11) is 0. The monoisotopic (exact) mass is 388 g/mol. The molecular weight excluding hydrogens is 356 g/mol. The minimum atomic E-state index is -0.0679. The Labute approximate surface area is 169 Å². The van der Waals surface area contributed by atoms with Crippen LogP contribution in [0.15, 0.2) is 36.9 Å². The molecule has 0 aliphatic heterocycles. The molecule has 0 bridgehead atoms. The molecule has 1 aromatic rings. The average molecular weight is 389 g/mol. The van der Waals surface area contributed by atoms with Gasteiger partial charge in [0.05, 0.1) is 5.92 Å². The van der Waals surface area contributed by atoms with Crippen LogP contribution in [0.1, 0.15) is 70.6 Å². The predicted molar refractivity (Wildman–Crippen MR) is 112 cm³/mol. The lowest BCUT2D eigenvalue weighted by atomic mass is 9.68. The van der Waals surface area contributed by atoms with Crippen molar-refractivity contribution in [2.45, 2.75) is 70.6 Å². The van der Waals surface area contributed by atoms with Gasteiger partial charge in [-0.2, -0.15) is 0 Å². The van der Waals surface area contributed by atoms with Crippen molar-refractivity contribution in [1.29, 1.82) is 0 Å². The molecule has 0 N–H and O–H groups in total. The van der Waals surface area contributed by atoms with E-state index in [1.54, 1.807) is 24.3 Å². The fraction of sp³-hybridized carbons (Fsp3) is 0.625. The van der Waals surface area contributed by atoms with Crippen LogP contribution >= 0.6 is 11.6 Å². The van der Waals surface area contributed by atoms with E-state index in [-0.39, 0.29) is 11.9 Å². The van der Waals surface area contributed by atoms with Crippen molar-refractivity contribution in [1.82, 2.24) is 0 Å². The molecule has 2 fully saturated rings. The van der Waals surface area contributed by atoms with Crippen molar-refractivity contribution in [2.24, 2.45) is 23.7 Å². The number of halogens is 1. The first kappa shape index (κ1) is 20.5. The first-order chi connectivity index (χ1) is 13.2. The molecule has 0 atom stereocenters. The van der Waals surface area contributed by atoms with Crippen molar-refractivity contribution in [3.8, 4) is 5.75 Å². The normalized spacial score (nSPS) is 28.5. The van der Waals surface area contributed by atoms with Crippen LogP contribution in [0.25, 0.3) is 0 Å². The van der Waals surface area contributed by atoms with Gasteiger partial charge >= 0.3 is 5.97 Å². The number of esters is 1. The molecule has 0 heterocycles. The van der Waals surface area contributed by atoms with E-state index in [1.165, 1.54) is 51.4 Å². The molecular formula is C24H33ClO2. The smallest absolute Gasteiger partial charge is 0.314 e. The minimum absolute atomic E-state index is 0.0622. The Balaban J connectivity index is 1.38. The number of benzene rings is 1. The van der Waals surface area contributed by atoms with Gasteiger partial charge in [0.25, 0.3) is 0 Å². The molecule has 1 aromatic carbocycles. The molecule has 0 amide bonds. The topological polar surface area (TPSA) is 26.3 Å². The van der Waals surface area contributed by atoms with E-state index in [1.807, 2.05) is 6.08 Å². The average Bonchev–Trinajstić information content (AvgIpc) is 2.70. The molecule has 27 heavy (non-hydrogen) atoms. The second kappa shape index (κ2) is 10.3. The third-order valence-corrected chi connectivity index (χ3v) is 6.97. The highest BCUT2D eigenvalue weighted by atomic mass is 35.5. The van der Waals surface area contributed by atoms with Gasteiger partial charge in [0, 0.05) is 5.02 Å². The molecule has 2 saturated carbocycles. The summed E-state index contributed by atoms with van der Waals surface area (Å²) in [6.45, 7) is 3.82. The van der Waals surface area contributed by atoms with Crippen molar-refractivity contribution in [3.63, 3.8) is 0 Å². The Bertz CT molecular complexity index is 593. The maximum atomic E-state index is 12.4. The number of carbonyl (C=O) groups is 1. The maximum absolute atomic E-state index is 12.4. The molecule has 0 radical (unpaired) electrons. The van der Waals surface area contributed by atoms with Gasteiger partial charge in [-0.3, -0.25) is 4.79 Å². The fourth-order valence-corrected chi connectivity index (χ4v) is 5.15. The Morgan fingerprint density at radius 2 is 1.59 bits per heavy atom. The van der Waals surface area contributed by atoms with Gasteiger partial charge in [-0.15, -0.1) is 6.58 Å². The highest BCUT2D eigenvalue weighted by Crippen LogP contribution is 2.42. The van der Waals surface area contributed by atoms with Crippen LogP contribution in [0.5, 0.6) is 5.75 Å². The van der Waals surface area contributed by atoms with Gasteiger partial charge in [-0.1, -0.05) is 36.9 Å². The van der Waals surface area contributed by atoms with Crippen molar-refractivity contribution in [2.75, 3.05) is 0 Å². The lowest BCUT2D eigenvalue weighted by Crippen LogP contribution is -2.30. The molecule has 3 heteroatoms. The molecule has 0 spiro atoms. The molecule has 2 aliphatic rings. The highest BCUT2D eigenvalue weighted by Gasteiger charge is 2.33. The summed E-state index contributed by atoms with van der Waals surface area (Å²) in [5.41, 5.74) is 0. The number of ether oxygens (including phenoxy) is 1. The Morgan fingerprint density at radius 3 is 2.19 bits per heavy atom. The second-order valence-electron chi connectivity index (χ2n) is 8.49. The minimum Gasteiger partial charge on any atom is -0.426 e. The summed E-state index contributed by atoms with van der Waals surface area (Å²) in [6.07, 6.45) is 15.8. The Morgan fingerprint density at radius 1 is 1.00 bits per heavy atom. The van der Waals surface area contributed by atoms with Crippen LogP contribution in [0.3, 0.4) is 0 Å². The van der Waals surface area contributed by atoms with E-state index in [0.717, 1.165) is 37.0 Å². The lowest BCUT2D eigenvalue weighted by molar-refractivity contribution is -0.140. The summed E-state index contributed by atoms with van der Waals surface area (Å²) in [4.78, 5) is 12.4. The van der Waals surface area contributed by atoms with E-state index in [2.05, 4.69) is 6.58 Å². The Kier molecular flexibility index (Phi) is 7.81. The van der Waals surface area contributed by atoms with Gasteiger partial charge in [0.15, 0.2) is 0 Å². The largest absolute Gasteiger partial charge is 0.426 e. The van der Waals surface area contributed by atoms with Crippen LogP contribution in [-0.2, 0) is 4.79 Å². The van der Waals surface area contributed by atoms with Crippen molar-refractivity contribution >= 4 is 17.6 Å². The summed E-state index contributed by atoms with van der Waals surface area (Å²) in [6, 6.07) is 7.04. The SMILES string of the molecule is C=CCCC[C@H]1CC[C@H]([C@H]2CC[C@H](C(=O)Oc3ccc(Cl)cc3)CC2)CC1. The first-order valence-electron chi connectivity index (χ1n) is 10.7. The number of carbonyl (C=O) groups excluding carboxylic acids is 1. The van der Waals surface area contributed by atoms with E-state index in [4.69, 9.17) is 16.3 Å². The van der Waals surface area contributed by atoms with E-state index < -0.39 is 0 Å². The summed E-state index contributed by atoms with van der Waals surface area (Å²) in [5.74, 6) is 3.23. The quantitative estimate of drug-likeness (QED) is 0.213. The summed E-state index contributed by atoms with van der Waals surface area (Å²) >= 11 is 5.88. The molecule has 148 valence electrons. The fourth-order valence-electron chi connectivity index (χ4n) is 5.03. The molecule has 0 aromatic heterocycles. The Hall–Kier alpha value is -1.28. The van der Waals surface area contributed by atoms with Gasteiger partial charge < -0.3 is 4.74 Å². The van der Waals surface area contributed by atoms with Crippen molar-refractivity contribution in [3.05, 3.63) is 41.9 Å². The third kappa shape index (κ3) is 6.10. The first-order valence-corrected chi connectivity index (χ1v) is 11.1. The second-order valence-corrected chi connectivity index (χ2v) is 8.92. The third-order valence-electron chi connectivity index (χ3n) is 6.72. The summed E-state index contributed by atoms with van der Waals surface area (Å²) in [5, 5.41) is 0.658. The van der Waals surface area contributed by atoms with Crippen molar-refractivity contribution < 1.29 is 9.53 Å². The number of hydrogen-bond donors (Lipinski definition) is 0. The number of unbranched alkanes of at least 4 members (excludes halogenated alkanes) is 1. The predicted octanol–water partition coefficient (Wildman–Crippen LogP) is 7.21. The number of rotatable bonds is 7. The molecule has 3 rings (SSSR count). The van der Waals surface area contributed by atoms with Gasteiger partial charge in [0.1, 0.15) is 5.75 Å². The maximum Gasteiger partial charge on any atom is 0.314 e. The lowest BCUT2D eigenvalue weighted by Gasteiger charge is -2.37. The van der Waals surface area contributed by atoms with Gasteiger partial charge in [0.2, 0.25) is 0 Å². The zero-order valence-electron chi connectivity index (χ0n) is 16.4. The van der Waals surface area contributed by atoms with Crippen LogP contribution in [0, 0.1) is 23.7 Å². The molecule has 2 nitrogen and oxygen atoms in total. The zero-order chi connectivity index (χ0) is 19.1. The van der Waals surface area contributed by atoms with Crippen LogP contribution < -0.4 is 4.74 Å². The van der Waals surface area contributed by atoms with Crippen LogP contribution in [-0.4, -0.2) is 5.97 Å². The van der Waals surface area contributed by atoms with E-state index >= 15 is 0 Å². The van der Waals surface area contributed by atoms with E-state index in [0.29, 0.717) is 10.8 Å². The zero-order valence-corrected chi connectivity index (χ0v) is 17.1. The molecule has 0 saturated heterocycles. The van der Waals surface area contributed by atoms with Gasteiger partial charge in [-0.05, 0) is 93.4 Å². The van der Waals surface area contributed by atoms with Crippen LogP contribution in [0.4, 0.5) is 0 Å². The van der Waals surface area contributed by atoms with E-state index in [9.17, 15) is 4.79 Å². The standard InChI is InChI=1S/C24H33ClO2/c1-2-3-4-5-18-6-8-19(9-7-18)20-10-12-21(13-11-20)24(26)27-23-16-14-22(25)15-17-23/h2,14-21H,1,3-13H2/t18-,19-,20-,21-. The number of allylic oxidation sites excluding steroid dienone is 1.